The Morgan fingerprint density at radius 2 is 1.73 bits per heavy atom. The first-order valence-corrected chi connectivity index (χ1v) is 9.33. The van der Waals surface area contributed by atoms with Gasteiger partial charge < -0.3 is 26.4 Å². The van der Waals surface area contributed by atoms with Crippen LogP contribution in [0.15, 0.2) is 53.5 Å². The van der Waals surface area contributed by atoms with Gasteiger partial charge in [0, 0.05) is 24.2 Å². The Kier molecular flexibility index (Phi) is 11.3. The smallest absolute Gasteiger partial charge is 0.251 e. The van der Waals surface area contributed by atoms with E-state index in [1.165, 1.54) is 0 Å². The van der Waals surface area contributed by atoms with Crippen molar-refractivity contribution >= 4 is 41.8 Å². The number of nitrogens with two attached hydrogens (primary N) is 1. The standard InChI is InChI=1S/C21H27N5O3.HI/c1-3-23-21(26-13-17-6-4-5-7-18(17)29-2)25-12-15-8-10-16(11-9-15)20(28)24-14-19(22)27;/h4-11H,3,12-14H2,1-2H3,(H2,22,27)(H,24,28)(H2,23,25,26);1H. The molecule has 0 atom stereocenters. The quantitative estimate of drug-likeness (QED) is 0.226. The molecular weight excluding hydrogens is 497 g/mol. The summed E-state index contributed by atoms with van der Waals surface area (Å²) in [6.07, 6.45) is 0. The van der Waals surface area contributed by atoms with Crippen molar-refractivity contribution in [1.29, 1.82) is 0 Å². The van der Waals surface area contributed by atoms with Gasteiger partial charge in [0.2, 0.25) is 5.91 Å². The average molecular weight is 525 g/mol. The summed E-state index contributed by atoms with van der Waals surface area (Å²) in [5.41, 5.74) is 7.47. The lowest BCUT2D eigenvalue weighted by Crippen LogP contribution is -2.36. The van der Waals surface area contributed by atoms with Crippen molar-refractivity contribution in [2.75, 3.05) is 20.2 Å². The Balaban J connectivity index is 0.00000450. The van der Waals surface area contributed by atoms with Gasteiger partial charge in [-0.3, -0.25) is 9.59 Å². The van der Waals surface area contributed by atoms with Gasteiger partial charge in [-0.2, -0.15) is 0 Å². The number of primary amides is 1. The second kappa shape index (κ2) is 13.4. The summed E-state index contributed by atoms with van der Waals surface area (Å²) in [6.45, 7) is 3.57. The van der Waals surface area contributed by atoms with Gasteiger partial charge in [0.1, 0.15) is 5.75 Å². The van der Waals surface area contributed by atoms with E-state index in [2.05, 4.69) is 20.9 Å². The number of aliphatic imine (C=N–C) groups is 1. The number of nitrogens with zero attached hydrogens (tertiary/aromatic N) is 1. The minimum absolute atomic E-state index is 0. The van der Waals surface area contributed by atoms with Gasteiger partial charge in [-0.15, -0.1) is 24.0 Å². The second-order valence-electron chi connectivity index (χ2n) is 6.21. The van der Waals surface area contributed by atoms with E-state index >= 15 is 0 Å². The van der Waals surface area contributed by atoms with E-state index < -0.39 is 5.91 Å². The van der Waals surface area contributed by atoms with E-state index in [0.29, 0.717) is 24.6 Å². The summed E-state index contributed by atoms with van der Waals surface area (Å²) in [5, 5.41) is 8.95. The molecule has 2 amide bonds. The van der Waals surface area contributed by atoms with Gasteiger partial charge in [0.05, 0.1) is 20.2 Å². The number of hydrogen-bond donors (Lipinski definition) is 4. The van der Waals surface area contributed by atoms with Gasteiger partial charge in [-0.25, -0.2) is 4.99 Å². The summed E-state index contributed by atoms with van der Waals surface area (Å²) < 4.78 is 5.37. The van der Waals surface area contributed by atoms with Crippen LogP contribution in [0.1, 0.15) is 28.4 Å². The minimum atomic E-state index is -0.583. The highest BCUT2D eigenvalue weighted by atomic mass is 127. The highest BCUT2D eigenvalue weighted by Crippen LogP contribution is 2.16. The Hall–Kier alpha value is -2.82. The maximum atomic E-state index is 11.9. The molecule has 162 valence electrons. The average Bonchev–Trinajstić information content (AvgIpc) is 2.74. The number of methoxy groups -OCH3 is 1. The third kappa shape index (κ3) is 8.27. The van der Waals surface area contributed by atoms with Gasteiger partial charge in [0.25, 0.3) is 5.91 Å². The normalized spacial score (nSPS) is 10.5. The highest BCUT2D eigenvalue weighted by Gasteiger charge is 2.07. The largest absolute Gasteiger partial charge is 0.496 e. The number of guanidine groups is 1. The molecule has 0 spiro atoms. The molecule has 0 aliphatic heterocycles. The molecule has 2 rings (SSSR count). The van der Waals surface area contributed by atoms with Crippen molar-refractivity contribution < 1.29 is 14.3 Å². The lowest BCUT2D eigenvalue weighted by molar-refractivity contribution is -0.117. The Labute approximate surface area is 193 Å². The zero-order valence-electron chi connectivity index (χ0n) is 17.1. The molecule has 2 aromatic carbocycles. The molecule has 0 unspecified atom stereocenters. The van der Waals surface area contributed by atoms with Gasteiger partial charge in [-0.05, 0) is 30.7 Å². The number of carbonyl (C=O) groups excluding carboxylic acids is 2. The number of hydrogen-bond acceptors (Lipinski definition) is 4. The van der Waals surface area contributed by atoms with Crippen molar-refractivity contribution in [2.45, 2.75) is 20.0 Å². The number of amides is 2. The van der Waals surface area contributed by atoms with Crippen molar-refractivity contribution in [2.24, 2.45) is 10.7 Å². The molecule has 9 heteroatoms. The first-order chi connectivity index (χ1) is 14.0. The maximum Gasteiger partial charge on any atom is 0.251 e. The van der Waals surface area contributed by atoms with Crippen LogP contribution in [0.3, 0.4) is 0 Å². The molecule has 0 aliphatic rings. The Bertz CT molecular complexity index is 856. The molecule has 0 fully saturated rings. The van der Waals surface area contributed by atoms with Crippen LogP contribution in [0.25, 0.3) is 0 Å². The number of rotatable bonds is 9. The molecule has 8 nitrogen and oxygen atoms in total. The zero-order valence-corrected chi connectivity index (χ0v) is 19.4. The number of benzene rings is 2. The molecule has 0 saturated heterocycles. The fourth-order valence-corrected chi connectivity index (χ4v) is 2.57. The minimum Gasteiger partial charge on any atom is -0.496 e. The van der Waals surface area contributed by atoms with Gasteiger partial charge in [0.15, 0.2) is 5.96 Å². The number of ether oxygens (including phenoxy) is 1. The van der Waals surface area contributed by atoms with Crippen LogP contribution < -0.4 is 26.4 Å². The van der Waals surface area contributed by atoms with E-state index in [1.54, 1.807) is 19.2 Å². The number of nitrogens with one attached hydrogen (secondary N) is 3. The fraction of sp³-hybridized carbons (Fsp3) is 0.286. The topological polar surface area (TPSA) is 118 Å². The highest BCUT2D eigenvalue weighted by molar-refractivity contribution is 14.0. The van der Waals surface area contributed by atoms with Crippen molar-refractivity contribution in [1.82, 2.24) is 16.0 Å². The summed E-state index contributed by atoms with van der Waals surface area (Å²) in [4.78, 5) is 27.2. The fourth-order valence-electron chi connectivity index (χ4n) is 2.57. The third-order valence-corrected chi connectivity index (χ3v) is 4.04. The van der Waals surface area contributed by atoms with E-state index in [4.69, 9.17) is 10.5 Å². The van der Waals surface area contributed by atoms with E-state index in [-0.39, 0.29) is 36.4 Å². The molecule has 0 bridgehead atoms. The molecule has 5 N–H and O–H groups in total. The summed E-state index contributed by atoms with van der Waals surface area (Å²) >= 11 is 0. The van der Waals surface area contributed by atoms with Crippen LogP contribution in [0, 0.1) is 0 Å². The molecule has 0 aromatic heterocycles. The lowest BCUT2D eigenvalue weighted by atomic mass is 10.1. The van der Waals surface area contributed by atoms with Crippen LogP contribution in [0.2, 0.25) is 0 Å². The van der Waals surface area contributed by atoms with Crippen LogP contribution in [0.5, 0.6) is 5.75 Å². The molecule has 2 aromatic rings. The van der Waals surface area contributed by atoms with Crippen LogP contribution in [0.4, 0.5) is 0 Å². The van der Waals surface area contributed by atoms with Crippen molar-refractivity contribution in [3.8, 4) is 5.75 Å². The predicted octanol–water partition coefficient (Wildman–Crippen LogP) is 1.78. The van der Waals surface area contributed by atoms with Gasteiger partial charge in [-0.1, -0.05) is 30.3 Å². The van der Waals surface area contributed by atoms with E-state index in [0.717, 1.165) is 23.4 Å². The summed E-state index contributed by atoms with van der Waals surface area (Å²) in [6, 6.07) is 14.8. The number of carbonyl (C=O) groups is 2. The lowest BCUT2D eigenvalue weighted by Gasteiger charge is -2.13. The monoisotopic (exact) mass is 525 g/mol. The molecule has 0 aliphatic carbocycles. The number of para-hydroxylation sites is 1. The van der Waals surface area contributed by atoms with E-state index in [9.17, 15) is 9.59 Å². The van der Waals surface area contributed by atoms with Gasteiger partial charge >= 0.3 is 0 Å². The molecule has 0 heterocycles. The van der Waals surface area contributed by atoms with Crippen LogP contribution in [-0.4, -0.2) is 38.0 Å². The molecule has 30 heavy (non-hydrogen) atoms. The number of halogens is 1. The molecular formula is C21H28IN5O3. The Morgan fingerprint density at radius 1 is 1.03 bits per heavy atom. The first-order valence-electron chi connectivity index (χ1n) is 9.33. The van der Waals surface area contributed by atoms with Crippen molar-refractivity contribution in [3.05, 3.63) is 65.2 Å². The zero-order chi connectivity index (χ0) is 21.1. The third-order valence-electron chi connectivity index (χ3n) is 4.04. The molecule has 0 radical (unpaired) electrons. The Morgan fingerprint density at radius 3 is 2.37 bits per heavy atom. The summed E-state index contributed by atoms with van der Waals surface area (Å²) in [7, 11) is 1.65. The van der Waals surface area contributed by atoms with Crippen LogP contribution >= 0.6 is 24.0 Å². The SMILES string of the molecule is CCNC(=NCc1ccc(C(=O)NCC(N)=O)cc1)NCc1ccccc1OC.I. The maximum absolute atomic E-state index is 11.9. The predicted molar refractivity (Wildman–Crippen MR) is 128 cm³/mol. The first kappa shape index (κ1) is 25.2. The van der Waals surface area contributed by atoms with E-state index in [1.807, 2.05) is 43.3 Å². The summed E-state index contributed by atoms with van der Waals surface area (Å²) in [5.74, 6) is 0.578. The molecule has 0 saturated carbocycles. The van der Waals surface area contributed by atoms with Crippen LogP contribution in [-0.2, 0) is 17.9 Å². The van der Waals surface area contributed by atoms with Crippen molar-refractivity contribution in [3.63, 3.8) is 0 Å². The second-order valence-corrected chi connectivity index (χ2v) is 6.21.